The third-order valence-corrected chi connectivity index (χ3v) is 4.16. The van der Waals surface area contributed by atoms with E-state index in [0.29, 0.717) is 18.5 Å². The largest absolute Gasteiger partial charge is 0.370 e. The van der Waals surface area contributed by atoms with Gasteiger partial charge in [-0.05, 0) is 42.5 Å². The van der Waals surface area contributed by atoms with Gasteiger partial charge < -0.3 is 10.6 Å². The first-order valence-corrected chi connectivity index (χ1v) is 7.82. The topological polar surface area (TPSA) is 41.6 Å². The van der Waals surface area contributed by atoms with E-state index in [4.69, 9.17) is 5.73 Å². The van der Waals surface area contributed by atoms with Crippen molar-refractivity contribution in [1.82, 2.24) is 4.90 Å². The van der Waals surface area contributed by atoms with Crippen molar-refractivity contribution in [2.45, 2.75) is 32.4 Å². The second kappa shape index (κ2) is 6.22. The molecule has 22 heavy (non-hydrogen) atoms. The van der Waals surface area contributed by atoms with Crippen LogP contribution in [0.15, 0.2) is 53.5 Å². The Bertz CT molecular complexity index is 687. The van der Waals surface area contributed by atoms with E-state index in [1.54, 1.807) is 0 Å². The van der Waals surface area contributed by atoms with Crippen molar-refractivity contribution in [3.05, 3.63) is 59.7 Å². The fourth-order valence-electron chi connectivity index (χ4n) is 2.61. The lowest BCUT2D eigenvalue weighted by molar-refractivity contribution is 0.487. The maximum atomic E-state index is 6.05. The SMILES string of the molecule is Cc1cccc(-c2cccc(CN=C(N)N(C)C3CC3)c2)c1. The molecule has 0 bridgehead atoms. The van der Waals surface area contributed by atoms with Crippen LogP contribution >= 0.6 is 0 Å². The van der Waals surface area contributed by atoms with Gasteiger partial charge in [-0.1, -0.05) is 48.0 Å². The molecule has 1 aliphatic carbocycles. The van der Waals surface area contributed by atoms with E-state index in [9.17, 15) is 0 Å². The van der Waals surface area contributed by atoms with Crippen LogP contribution in [-0.2, 0) is 6.54 Å². The minimum absolute atomic E-state index is 0.599. The van der Waals surface area contributed by atoms with E-state index in [2.05, 4.69) is 65.3 Å². The molecule has 0 atom stereocenters. The van der Waals surface area contributed by atoms with Crippen LogP contribution in [0.25, 0.3) is 11.1 Å². The molecule has 1 fully saturated rings. The van der Waals surface area contributed by atoms with Gasteiger partial charge in [0.05, 0.1) is 6.54 Å². The molecule has 1 saturated carbocycles. The molecule has 0 spiro atoms. The number of guanidine groups is 1. The van der Waals surface area contributed by atoms with Crippen molar-refractivity contribution in [3.63, 3.8) is 0 Å². The van der Waals surface area contributed by atoms with Gasteiger partial charge >= 0.3 is 0 Å². The summed E-state index contributed by atoms with van der Waals surface area (Å²) < 4.78 is 0. The van der Waals surface area contributed by atoms with Crippen LogP contribution in [0.1, 0.15) is 24.0 Å². The molecule has 1 aliphatic rings. The van der Waals surface area contributed by atoms with E-state index in [-0.39, 0.29) is 0 Å². The molecule has 114 valence electrons. The molecule has 0 heterocycles. The molecule has 0 radical (unpaired) electrons. The van der Waals surface area contributed by atoms with Crippen molar-refractivity contribution in [2.75, 3.05) is 7.05 Å². The standard InChI is InChI=1S/C19H23N3/c1-14-5-3-7-16(11-14)17-8-4-6-15(12-17)13-21-19(20)22(2)18-9-10-18/h3-8,11-12,18H,9-10,13H2,1-2H3,(H2,20,21). The van der Waals surface area contributed by atoms with Gasteiger partial charge in [0.1, 0.15) is 0 Å². The smallest absolute Gasteiger partial charge is 0.191 e. The molecule has 0 unspecified atom stereocenters. The lowest BCUT2D eigenvalue weighted by Crippen LogP contribution is -2.35. The average Bonchev–Trinajstić information content (AvgIpc) is 3.37. The van der Waals surface area contributed by atoms with E-state index in [0.717, 1.165) is 0 Å². The van der Waals surface area contributed by atoms with E-state index < -0.39 is 0 Å². The Labute approximate surface area is 132 Å². The van der Waals surface area contributed by atoms with Gasteiger partial charge in [-0.2, -0.15) is 0 Å². The molecule has 2 N–H and O–H groups in total. The normalized spacial score (nSPS) is 14.9. The van der Waals surface area contributed by atoms with Crippen LogP contribution < -0.4 is 5.73 Å². The second-order valence-corrected chi connectivity index (χ2v) is 6.09. The lowest BCUT2D eigenvalue weighted by atomic mass is 10.0. The molecular formula is C19H23N3. The molecule has 0 amide bonds. The predicted octanol–water partition coefficient (Wildman–Crippen LogP) is 3.57. The number of aliphatic imine (C=N–C) groups is 1. The quantitative estimate of drug-likeness (QED) is 0.691. The number of rotatable bonds is 4. The maximum Gasteiger partial charge on any atom is 0.191 e. The fourth-order valence-corrected chi connectivity index (χ4v) is 2.61. The molecule has 0 saturated heterocycles. The van der Waals surface area contributed by atoms with Crippen molar-refractivity contribution in [1.29, 1.82) is 0 Å². The van der Waals surface area contributed by atoms with E-state index >= 15 is 0 Å². The third kappa shape index (κ3) is 3.48. The first-order valence-electron chi connectivity index (χ1n) is 7.82. The monoisotopic (exact) mass is 293 g/mol. The van der Waals surface area contributed by atoms with E-state index in [1.165, 1.54) is 35.1 Å². The zero-order valence-electron chi connectivity index (χ0n) is 13.3. The zero-order chi connectivity index (χ0) is 15.5. The minimum atomic E-state index is 0.599. The molecule has 0 aromatic heterocycles. The summed E-state index contributed by atoms with van der Waals surface area (Å²) in [7, 11) is 2.03. The van der Waals surface area contributed by atoms with Gasteiger partial charge in [0.15, 0.2) is 5.96 Å². The average molecular weight is 293 g/mol. The molecule has 3 nitrogen and oxygen atoms in total. The summed E-state index contributed by atoms with van der Waals surface area (Å²) in [5, 5.41) is 0. The van der Waals surface area contributed by atoms with Crippen LogP contribution in [0.4, 0.5) is 0 Å². The number of hydrogen-bond donors (Lipinski definition) is 1. The Morgan fingerprint density at radius 3 is 2.50 bits per heavy atom. The van der Waals surface area contributed by atoms with Crippen molar-refractivity contribution in [3.8, 4) is 11.1 Å². The third-order valence-electron chi connectivity index (χ3n) is 4.16. The molecule has 3 rings (SSSR count). The molecule has 2 aromatic rings. The van der Waals surface area contributed by atoms with Crippen LogP contribution in [0.3, 0.4) is 0 Å². The summed E-state index contributed by atoms with van der Waals surface area (Å²) in [5.74, 6) is 0.642. The first-order chi connectivity index (χ1) is 10.6. The Morgan fingerprint density at radius 2 is 1.82 bits per heavy atom. The van der Waals surface area contributed by atoms with Gasteiger partial charge in [0.25, 0.3) is 0 Å². The summed E-state index contributed by atoms with van der Waals surface area (Å²) >= 11 is 0. The van der Waals surface area contributed by atoms with Gasteiger partial charge in [0.2, 0.25) is 0 Å². The van der Waals surface area contributed by atoms with Crippen molar-refractivity contribution in [2.24, 2.45) is 10.7 Å². The van der Waals surface area contributed by atoms with E-state index in [1.807, 2.05) is 7.05 Å². The van der Waals surface area contributed by atoms with Crippen LogP contribution in [0.5, 0.6) is 0 Å². The van der Waals surface area contributed by atoms with Crippen LogP contribution in [0, 0.1) is 6.92 Å². The Balaban J connectivity index is 1.75. The van der Waals surface area contributed by atoms with Crippen LogP contribution in [-0.4, -0.2) is 23.9 Å². The van der Waals surface area contributed by atoms with Gasteiger partial charge in [-0.3, -0.25) is 0 Å². The summed E-state index contributed by atoms with van der Waals surface area (Å²) in [4.78, 5) is 6.62. The summed E-state index contributed by atoms with van der Waals surface area (Å²) in [6.07, 6.45) is 2.46. The Hall–Kier alpha value is -2.29. The van der Waals surface area contributed by atoms with Gasteiger partial charge in [-0.15, -0.1) is 0 Å². The first kappa shape index (κ1) is 14.6. The molecule has 2 aromatic carbocycles. The highest BCUT2D eigenvalue weighted by Crippen LogP contribution is 2.25. The maximum absolute atomic E-state index is 6.05. The Morgan fingerprint density at radius 1 is 1.14 bits per heavy atom. The second-order valence-electron chi connectivity index (χ2n) is 6.09. The fraction of sp³-hybridized carbons (Fsp3) is 0.316. The highest BCUT2D eigenvalue weighted by Gasteiger charge is 2.27. The minimum Gasteiger partial charge on any atom is -0.370 e. The summed E-state index contributed by atoms with van der Waals surface area (Å²) in [6.45, 7) is 2.74. The van der Waals surface area contributed by atoms with Gasteiger partial charge in [-0.25, -0.2) is 4.99 Å². The summed E-state index contributed by atoms with van der Waals surface area (Å²) in [5.41, 5.74) is 11.0. The lowest BCUT2D eigenvalue weighted by Gasteiger charge is -2.16. The highest BCUT2D eigenvalue weighted by atomic mass is 15.3. The highest BCUT2D eigenvalue weighted by molar-refractivity contribution is 5.78. The van der Waals surface area contributed by atoms with Gasteiger partial charge in [0, 0.05) is 13.1 Å². The predicted molar refractivity (Wildman–Crippen MR) is 92.7 cm³/mol. The number of benzene rings is 2. The number of nitrogens with zero attached hydrogens (tertiary/aromatic N) is 2. The molecule has 0 aliphatic heterocycles. The zero-order valence-corrected chi connectivity index (χ0v) is 13.3. The Kier molecular flexibility index (Phi) is 4.14. The molecule has 3 heteroatoms. The van der Waals surface area contributed by atoms with Crippen LogP contribution in [0.2, 0.25) is 0 Å². The summed E-state index contributed by atoms with van der Waals surface area (Å²) in [6, 6.07) is 17.7. The number of hydrogen-bond acceptors (Lipinski definition) is 1. The molecular weight excluding hydrogens is 270 g/mol. The van der Waals surface area contributed by atoms with Crippen molar-refractivity contribution < 1.29 is 0 Å². The number of nitrogens with two attached hydrogens (primary N) is 1. The van der Waals surface area contributed by atoms with Crippen molar-refractivity contribution >= 4 is 5.96 Å². The number of aryl methyl sites for hydroxylation is 1.